The minimum Gasteiger partial charge on any atom is -0.395 e. The van der Waals surface area contributed by atoms with Crippen LogP contribution >= 0.6 is 15.9 Å². The highest BCUT2D eigenvalue weighted by Crippen LogP contribution is 2.35. The third kappa shape index (κ3) is 6.07. The molecule has 0 unspecified atom stereocenters. The molecule has 12 heteroatoms. The van der Waals surface area contributed by atoms with E-state index in [-0.39, 0.29) is 36.8 Å². The predicted molar refractivity (Wildman–Crippen MR) is 129 cm³/mol. The average molecular weight is 542 g/mol. The van der Waals surface area contributed by atoms with Crippen LogP contribution in [-0.2, 0) is 16.6 Å². The molecule has 1 aliphatic rings. The van der Waals surface area contributed by atoms with Gasteiger partial charge >= 0.3 is 0 Å². The van der Waals surface area contributed by atoms with Crippen LogP contribution in [0.3, 0.4) is 0 Å². The molecule has 10 nitrogen and oxygen atoms in total. The Hall–Kier alpha value is -2.12. The molecule has 1 fully saturated rings. The van der Waals surface area contributed by atoms with Crippen LogP contribution in [0, 0.1) is 17.0 Å². The number of benzene rings is 1. The molecule has 2 aromatic rings. The van der Waals surface area contributed by atoms with Gasteiger partial charge in [0.25, 0.3) is 5.69 Å². The van der Waals surface area contributed by atoms with Crippen molar-refractivity contribution in [3.63, 3.8) is 0 Å². The van der Waals surface area contributed by atoms with Gasteiger partial charge in [-0.05, 0) is 24.6 Å². The number of nitro benzene ring substituents is 1. The molecule has 3 rings (SSSR count). The van der Waals surface area contributed by atoms with E-state index < -0.39 is 14.9 Å². The minimum atomic E-state index is -4.00. The van der Waals surface area contributed by atoms with Gasteiger partial charge in [-0.2, -0.15) is 4.31 Å². The number of halogens is 1. The second-order valence-electron chi connectivity index (χ2n) is 7.77. The molecule has 0 spiro atoms. The third-order valence-electron chi connectivity index (χ3n) is 5.56. The number of aryl methyl sites for hydroxylation is 1. The normalized spacial score (nSPS) is 15.5. The first-order valence-electron chi connectivity index (χ1n) is 10.6. The number of aromatic nitrogens is 1. The van der Waals surface area contributed by atoms with Crippen LogP contribution in [0.1, 0.15) is 11.3 Å². The Labute approximate surface area is 202 Å². The van der Waals surface area contributed by atoms with Crippen LogP contribution in [0.4, 0.5) is 11.4 Å². The zero-order valence-corrected chi connectivity index (χ0v) is 20.8. The lowest BCUT2D eigenvalue weighted by atomic mass is 10.1. The number of nitrogens with zero attached hydrogens (tertiary/aromatic N) is 5. The maximum absolute atomic E-state index is 13.7. The van der Waals surface area contributed by atoms with Gasteiger partial charge in [-0.3, -0.25) is 20.0 Å². The summed E-state index contributed by atoms with van der Waals surface area (Å²) in [5.74, 6) is 0. The molecular formula is C21H28BrN5O5S. The molecule has 1 N–H and O–H groups in total. The minimum absolute atomic E-state index is 0.0956. The quantitative estimate of drug-likeness (QED) is 0.275. The Morgan fingerprint density at radius 2 is 1.94 bits per heavy atom. The number of anilines is 1. The number of non-ortho nitro benzene ring substituents is 1. The Bertz CT molecular complexity index is 1060. The molecule has 0 radical (unpaired) electrons. The monoisotopic (exact) mass is 541 g/mol. The predicted octanol–water partition coefficient (Wildman–Crippen LogP) is 2.00. The standard InChI is InChI=1S/C21H28BrN5O5S/c1-17-14-19(27(29)30)15-20(21(17)25(7-5-22)12-13-28)33(31,32)26-10-8-24(9-11-26)16-18-4-2-3-6-23-18/h2-4,6,14-15,28H,5,7-13,16H2,1H3. The van der Waals surface area contributed by atoms with Crippen LogP contribution in [-0.4, -0.2) is 83.8 Å². The molecule has 1 saturated heterocycles. The summed E-state index contributed by atoms with van der Waals surface area (Å²) < 4.78 is 28.8. The number of sulfonamides is 1. The van der Waals surface area contributed by atoms with Gasteiger partial charge in [0, 0.05) is 69.5 Å². The van der Waals surface area contributed by atoms with Crippen molar-refractivity contribution in [1.82, 2.24) is 14.2 Å². The van der Waals surface area contributed by atoms with Crippen LogP contribution in [0.5, 0.6) is 0 Å². The fourth-order valence-corrected chi connectivity index (χ4v) is 6.14. The Kier molecular flexibility index (Phi) is 8.76. The maximum Gasteiger partial charge on any atom is 0.271 e. The lowest BCUT2D eigenvalue weighted by Crippen LogP contribution is -2.48. The molecule has 0 amide bonds. The molecule has 0 atom stereocenters. The molecule has 2 heterocycles. The summed E-state index contributed by atoms with van der Waals surface area (Å²) in [7, 11) is -4.00. The van der Waals surface area contributed by atoms with E-state index in [4.69, 9.17) is 0 Å². The van der Waals surface area contributed by atoms with Gasteiger partial charge < -0.3 is 10.0 Å². The van der Waals surface area contributed by atoms with E-state index in [2.05, 4.69) is 25.8 Å². The molecule has 1 aromatic heterocycles. The van der Waals surface area contributed by atoms with Crippen molar-refractivity contribution in [2.45, 2.75) is 18.4 Å². The molecule has 1 aliphatic heterocycles. The van der Waals surface area contributed by atoms with E-state index in [1.165, 1.54) is 10.4 Å². The Morgan fingerprint density at radius 3 is 2.52 bits per heavy atom. The van der Waals surface area contributed by atoms with E-state index in [0.29, 0.717) is 42.8 Å². The van der Waals surface area contributed by atoms with E-state index in [0.717, 1.165) is 11.8 Å². The summed E-state index contributed by atoms with van der Waals surface area (Å²) in [6.07, 6.45) is 1.73. The van der Waals surface area contributed by atoms with Crippen molar-refractivity contribution < 1.29 is 18.4 Å². The first-order chi connectivity index (χ1) is 15.8. The summed E-state index contributed by atoms with van der Waals surface area (Å²) in [6.45, 7) is 4.38. The van der Waals surface area contributed by atoms with E-state index in [1.807, 2.05) is 18.2 Å². The number of pyridine rings is 1. The number of nitro groups is 1. The van der Waals surface area contributed by atoms with E-state index >= 15 is 0 Å². The molecule has 33 heavy (non-hydrogen) atoms. The number of hydrogen-bond donors (Lipinski definition) is 1. The van der Waals surface area contributed by atoms with Gasteiger partial charge in [0.1, 0.15) is 4.90 Å². The average Bonchev–Trinajstić information content (AvgIpc) is 2.79. The van der Waals surface area contributed by atoms with Crippen molar-refractivity contribution >= 4 is 37.3 Å². The zero-order chi connectivity index (χ0) is 24.0. The highest BCUT2D eigenvalue weighted by atomic mass is 79.9. The Morgan fingerprint density at radius 1 is 1.21 bits per heavy atom. The number of alkyl halides is 1. The smallest absolute Gasteiger partial charge is 0.271 e. The number of rotatable bonds is 10. The van der Waals surface area contributed by atoms with Gasteiger partial charge in [-0.25, -0.2) is 8.42 Å². The van der Waals surface area contributed by atoms with Gasteiger partial charge in [0.15, 0.2) is 0 Å². The second-order valence-corrected chi connectivity index (χ2v) is 10.5. The van der Waals surface area contributed by atoms with Gasteiger partial charge in [0.05, 0.1) is 22.9 Å². The SMILES string of the molecule is Cc1cc([N+](=O)[O-])cc(S(=O)(=O)N2CCN(Cc3ccccn3)CC2)c1N(CCO)CCBr. The summed E-state index contributed by atoms with van der Waals surface area (Å²) in [5.41, 5.74) is 1.52. The molecule has 0 bridgehead atoms. The van der Waals surface area contributed by atoms with E-state index in [1.54, 1.807) is 18.0 Å². The molecule has 1 aromatic carbocycles. The molecule has 180 valence electrons. The van der Waals surface area contributed by atoms with Crippen LogP contribution < -0.4 is 4.90 Å². The summed E-state index contributed by atoms with van der Waals surface area (Å²) in [5, 5.41) is 21.5. The van der Waals surface area contributed by atoms with Crippen LogP contribution in [0.15, 0.2) is 41.4 Å². The number of hydrogen-bond acceptors (Lipinski definition) is 8. The lowest BCUT2D eigenvalue weighted by Gasteiger charge is -2.35. The topological polar surface area (TPSA) is 120 Å². The number of aliphatic hydroxyl groups is 1. The number of aliphatic hydroxyl groups excluding tert-OH is 1. The Balaban J connectivity index is 1.90. The van der Waals surface area contributed by atoms with Gasteiger partial charge in [-0.1, -0.05) is 22.0 Å². The fourth-order valence-electron chi connectivity index (χ4n) is 3.98. The highest BCUT2D eigenvalue weighted by molar-refractivity contribution is 9.09. The van der Waals surface area contributed by atoms with Crippen molar-refractivity contribution in [2.24, 2.45) is 0 Å². The first-order valence-corrected chi connectivity index (χ1v) is 13.2. The third-order valence-corrected chi connectivity index (χ3v) is 7.83. The zero-order valence-electron chi connectivity index (χ0n) is 18.4. The van der Waals surface area contributed by atoms with Crippen molar-refractivity contribution in [3.8, 4) is 0 Å². The fraction of sp³-hybridized carbons (Fsp3) is 0.476. The lowest BCUT2D eigenvalue weighted by molar-refractivity contribution is -0.385. The highest BCUT2D eigenvalue weighted by Gasteiger charge is 2.34. The van der Waals surface area contributed by atoms with E-state index in [9.17, 15) is 23.6 Å². The molecular weight excluding hydrogens is 514 g/mol. The first kappa shape index (κ1) is 25.5. The van der Waals surface area contributed by atoms with Crippen molar-refractivity contribution in [1.29, 1.82) is 0 Å². The second kappa shape index (κ2) is 11.3. The van der Waals surface area contributed by atoms with Crippen LogP contribution in [0.25, 0.3) is 0 Å². The number of piperazine rings is 1. The molecule has 0 aliphatic carbocycles. The largest absolute Gasteiger partial charge is 0.395 e. The van der Waals surface area contributed by atoms with Gasteiger partial charge in [-0.15, -0.1) is 0 Å². The summed E-state index contributed by atoms with van der Waals surface area (Å²) >= 11 is 3.36. The van der Waals surface area contributed by atoms with Gasteiger partial charge in [0.2, 0.25) is 10.0 Å². The van der Waals surface area contributed by atoms with Crippen molar-refractivity contribution in [2.75, 3.05) is 56.1 Å². The summed E-state index contributed by atoms with van der Waals surface area (Å²) in [6, 6.07) is 8.21. The van der Waals surface area contributed by atoms with Crippen molar-refractivity contribution in [3.05, 3.63) is 57.9 Å². The molecule has 0 saturated carbocycles. The maximum atomic E-state index is 13.7. The van der Waals surface area contributed by atoms with Crippen LogP contribution in [0.2, 0.25) is 0 Å². The summed E-state index contributed by atoms with van der Waals surface area (Å²) in [4.78, 5) is 19.0.